The van der Waals surface area contributed by atoms with Crippen molar-refractivity contribution in [2.24, 2.45) is 0 Å². The first-order valence-electron chi connectivity index (χ1n) is 7.61. The van der Waals surface area contributed by atoms with Crippen molar-refractivity contribution in [2.45, 2.75) is 6.92 Å². The predicted molar refractivity (Wildman–Crippen MR) is 92.8 cm³/mol. The number of esters is 1. The molecular formula is C17H14N4O5. The Kier molecular flexibility index (Phi) is 4.61. The van der Waals surface area contributed by atoms with Gasteiger partial charge in [-0.1, -0.05) is 30.3 Å². The number of nitrogens with zero attached hydrogens (tertiary/aromatic N) is 2. The van der Waals surface area contributed by atoms with Crippen LogP contribution in [0.2, 0.25) is 0 Å². The third-order valence-electron chi connectivity index (χ3n) is 3.71. The maximum atomic E-state index is 12.1. The van der Waals surface area contributed by atoms with E-state index in [0.29, 0.717) is 16.5 Å². The van der Waals surface area contributed by atoms with Crippen LogP contribution < -0.4 is 5.32 Å². The Hall–Kier alpha value is -3.75. The molecule has 9 heteroatoms. The molecule has 1 aromatic heterocycles. The molecule has 0 aliphatic heterocycles. The fourth-order valence-electron chi connectivity index (χ4n) is 2.46. The predicted octanol–water partition coefficient (Wildman–Crippen LogP) is 2.58. The average Bonchev–Trinajstić information content (AvgIpc) is 3.05. The van der Waals surface area contributed by atoms with E-state index in [4.69, 9.17) is 4.74 Å². The highest BCUT2D eigenvalue weighted by Crippen LogP contribution is 2.27. The molecule has 9 nitrogen and oxygen atoms in total. The number of anilines is 1. The lowest BCUT2D eigenvalue weighted by molar-refractivity contribution is -0.384. The van der Waals surface area contributed by atoms with Crippen molar-refractivity contribution >= 4 is 34.2 Å². The molecule has 0 unspecified atom stereocenters. The number of hydrogen-bond acceptors (Lipinski definition) is 6. The number of amides is 1. The molecule has 132 valence electrons. The first-order valence-corrected chi connectivity index (χ1v) is 7.61. The summed E-state index contributed by atoms with van der Waals surface area (Å²) in [5, 5.41) is 20.6. The van der Waals surface area contributed by atoms with E-state index in [1.54, 1.807) is 37.3 Å². The fourth-order valence-corrected chi connectivity index (χ4v) is 2.46. The van der Waals surface area contributed by atoms with Gasteiger partial charge in [-0.3, -0.25) is 20.0 Å². The standard InChI is InChI=1S/C17H14N4O5/c1-10-5-4-8-13(21(24)25)15(10)18-14(22)9-26-17(23)16-11-6-2-3-7-12(11)19-20-16/h2-8H,9H2,1H3,(H,18,22)(H,19,20). The first-order chi connectivity index (χ1) is 12.5. The zero-order chi connectivity index (χ0) is 18.7. The number of ether oxygens (including phenoxy) is 1. The third-order valence-corrected chi connectivity index (χ3v) is 3.71. The van der Waals surface area contributed by atoms with Gasteiger partial charge in [-0.15, -0.1) is 0 Å². The summed E-state index contributed by atoms with van der Waals surface area (Å²) in [6.45, 7) is 1.04. The topological polar surface area (TPSA) is 127 Å². The maximum absolute atomic E-state index is 12.1. The Bertz CT molecular complexity index is 1010. The van der Waals surface area contributed by atoms with Crippen molar-refractivity contribution in [1.29, 1.82) is 0 Å². The quantitative estimate of drug-likeness (QED) is 0.412. The molecule has 2 N–H and O–H groups in total. The van der Waals surface area contributed by atoms with E-state index in [9.17, 15) is 19.7 Å². The molecule has 0 radical (unpaired) electrons. The highest BCUT2D eigenvalue weighted by atomic mass is 16.6. The van der Waals surface area contributed by atoms with Gasteiger partial charge in [-0.25, -0.2) is 4.79 Å². The number of rotatable bonds is 5. The molecule has 26 heavy (non-hydrogen) atoms. The van der Waals surface area contributed by atoms with Crippen molar-refractivity contribution in [1.82, 2.24) is 10.2 Å². The molecule has 0 aliphatic rings. The number of fused-ring (bicyclic) bond motifs is 1. The number of aromatic nitrogens is 2. The highest BCUT2D eigenvalue weighted by Gasteiger charge is 2.20. The summed E-state index contributed by atoms with van der Waals surface area (Å²) in [5.74, 6) is -1.45. The normalized spacial score (nSPS) is 10.5. The van der Waals surface area contributed by atoms with E-state index < -0.39 is 23.4 Å². The molecule has 1 amide bonds. The van der Waals surface area contributed by atoms with Gasteiger partial charge in [-0.05, 0) is 18.6 Å². The number of H-pyrrole nitrogens is 1. The minimum Gasteiger partial charge on any atom is -0.451 e. The molecule has 0 fully saturated rings. The van der Waals surface area contributed by atoms with Crippen LogP contribution >= 0.6 is 0 Å². The summed E-state index contributed by atoms with van der Waals surface area (Å²) in [7, 11) is 0. The molecule has 0 bridgehead atoms. The molecule has 3 rings (SSSR count). The Morgan fingerprint density at radius 1 is 1.23 bits per heavy atom. The van der Waals surface area contributed by atoms with Crippen LogP contribution in [0.15, 0.2) is 42.5 Å². The second-order valence-corrected chi connectivity index (χ2v) is 5.47. The van der Waals surface area contributed by atoms with Crippen molar-refractivity contribution in [3.05, 3.63) is 63.8 Å². The molecule has 2 aromatic carbocycles. The van der Waals surface area contributed by atoms with Crippen LogP contribution in [0.1, 0.15) is 16.1 Å². The summed E-state index contributed by atoms with van der Waals surface area (Å²) >= 11 is 0. The maximum Gasteiger partial charge on any atom is 0.359 e. The van der Waals surface area contributed by atoms with Gasteiger partial charge in [0.05, 0.1) is 10.4 Å². The van der Waals surface area contributed by atoms with Gasteiger partial charge >= 0.3 is 5.97 Å². The smallest absolute Gasteiger partial charge is 0.359 e. The number of hydrogen-bond donors (Lipinski definition) is 2. The number of aromatic amines is 1. The third kappa shape index (κ3) is 3.36. The Morgan fingerprint density at radius 3 is 2.77 bits per heavy atom. The number of nitrogens with one attached hydrogen (secondary N) is 2. The number of carbonyl (C=O) groups is 2. The SMILES string of the molecule is Cc1cccc([N+](=O)[O-])c1NC(=O)COC(=O)c1n[nH]c2ccccc12. The second-order valence-electron chi connectivity index (χ2n) is 5.47. The van der Waals surface area contributed by atoms with Crippen LogP contribution in [-0.2, 0) is 9.53 Å². The molecule has 0 aliphatic carbocycles. The number of carbonyl (C=O) groups excluding carboxylic acids is 2. The minimum absolute atomic E-state index is 0.0651. The molecule has 0 atom stereocenters. The van der Waals surface area contributed by atoms with Crippen LogP contribution in [-0.4, -0.2) is 33.6 Å². The van der Waals surface area contributed by atoms with Crippen LogP contribution in [0.4, 0.5) is 11.4 Å². The van der Waals surface area contributed by atoms with Crippen LogP contribution in [0, 0.1) is 17.0 Å². The van der Waals surface area contributed by atoms with Crippen LogP contribution in [0.5, 0.6) is 0 Å². The van der Waals surface area contributed by atoms with Crippen molar-refractivity contribution in [3.63, 3.8) is 0 Å². The molecule has 0 spiro atoms. The number of nitro benzene ring substituents is 1. The van der Waals surface area contributed by atoms with Crippen LogP contribution in [0.25, 0.3) is 10.9 Å². The Morgan fingerprint density at radius 2 is 2.00 bits per heavy atom. The summed E-state index contributed by atoms with van der Waals surface area (Å²) in [6.07, 6.45) is 0. The van der Waals surface area contributed by atoms with Crippen LogP contribution in [0.3, 0.4) is 0 Å². The fraction of sp³-hybridized carbons (Fsp3) is 0.118. The molecular weight excluding hydrogens is 340 g/mol. The van der Waals surface area contributed by atoms with Crippen molar-refractivity contribution in [3.8, 4) is 0 Å². The number of aryl methyl sites for hydroxylation is 1. The van der Waals surface area contributed by atoms with Gasteiger partial charge in [-0.2, -0.15) is 5.10 Å². The van der Waals surface area contributed by atoms with E-state index in [1.807, 2.05) is 0 Å². The number of nitro groups is 1. The molecule has 0 saturated carbocycles. The Balaban J connectivity index is 1.68. The van der Waals surface area contributed by atoms with E-state index in [1.165, 1.54) is 12.1 Å². The molecule has 1 heterocycles. The van der Waals surface area contributed by atoms with Crippen molar-refractivity contribution in [2.75, 3.05) is 11.9 Å². The van der Waals surface area contributed by atoms with Gasteiger partial charge in [0.25, 0.3) is 11.6 Å². The number of benzene rings is 2. The first kappa shape index (κ1) is 17.1. The summed E-state index contributed by atoms with van der Waals surface area (Å²) in [6, 6.07) is 11.4. The van der Waals surface area contributed by atoms with E-state index in [2.05, 4.69) is 15.5 Å². The second kappa shape index (κ2) is 7.01. The van der Waals surface area contributed by atoms with Gasteiger partial charge in [0.1, 0.15) is 5.69 Å². The highest BCUT2D eigenvalue weighted by molar-refractivity contribution is 6.03. The molecule has 3 aromatic rings. The van der Waals surface area contributed by atoms with Gasteiger partial charge in [0.2, 0.25) is 0 Å². The van der Waals surface area contributed by atoms with Gasteiger partial charge in [0.15, 0.2) is 12.3 Å². The monoisotopic (exact) mass is 354 g/mol. The summed E-state index contributed by atoms with van der Waals surface area (Å²) in [4.78, 5) is 34.6. The van der Waals surface area contributed by atoms with Crippen molar-refractivity contribution < 1.29 is 19.2 Å². The zero-order valence-electron chi connectivity index (χ0n) is 13.7. The zero-order valence-corrected chi connectivity index (χ0v) is 13.7. The van der Waals surface area contributed by atoms with Gasteiger partial charge < -0.3 is 10.1 Å². The lowest BCUT2D eigenvalue weighted by atomic mass is 10.1. The largest absolute Gasteiger partial charge is 0.451 e. The lowest BCUT2D eigenvalue weighted by Crippen LogP contribution is -2.22. The van der Waals surface area contributed by atoms with E-state index in [-0.39, 0.29) is 17.1 Å². The molecule has 0 saturated heterocycles. The van der Waals surface area contributed by atoms with E-state index in [0.717, 1.165) is 0 Å². The van der Waals surface area contributed by atoms with E-state index >= 15 is 0 Å². The summed E-state index contributed by atoms with van der Waals surface area (Å²) in [5.41, 5.74) is 1.10. The lowest BCUT2D eigenvalue weighted by Gasteiger charge is -2.09. The average molecular weight is 354 g/mol. The number of para-hydroxylation sites is 2. The Labute approximate surface area is 147 Å². The van der Waals surface area contributed by atoms with Gasteiger partial charge in [0, 0.05) is 11.5 Å². The minimum atomic E-state index is -0.767. The summed E-state index contributed by atoms with van der Waals surface area (Å²) < 4.78 is 4.97.